The number of nitrogens with zero attached hydrogens (tertiary/aromatic N) is 3. The van der Waals surface area contributed by atoms with E-state index in [2.05, 4.69) is 31.2 Å². The Morgan fingerprint density at radius 1 is 1.09 bits per heavy atom. The average molecular weight is 537 g/mol. The first-order valence-corrected chi connectivity index (χ1v) is 11.1. The lowest BCUT2D eigenvalue weighted by molar-refractivity contribution is 0.344. The van der Waals surface area contributed by atoms with Crippen LogP contribution in [0, 0.1) is 13.8 Å². The molecule has 184 valence electrons. The van der Waals surface area contributed by atoms with Gasteiger partial charge < -0.3 is 14.6 Å². The Morgan fingerprint density at radius 3 is 2.48 bits per heavy atom. The maximum Gasteiger partial charge on any atom is 0.255 e. The molecule has 0 aliphatic heterocycles. The Kier molecular flexibility index (Phi) is 14.5. The number of H-pyrrole nitrogens is 1. The second kappa shape index (κ2) is 15.2. The summed E-state index contributed by atoms with van der Waals surface area (Å²) in [6.07, 6.45) is 3.97. The number of thioether (sulfide) groups is 1. The second-order valence-electron chi connectivity index (χ2n) is 7.59. The number of nitrogens with one attached hydrogen (secondary N) is 2. The van der Waals surface area contributed by atoms with Crippen molar-refractivity contribution in [2.24, 2.45) is 0 Å². The first-order valence-electron chi connectivity index (χ1n) is 9.95. The summed E-state index contributed by atoms with van der Waals surface area (Å²) in [5.74, 6) is 4.15. The molecule has 0 aliphatic carbocycles. The first-order chi connectivity index (χ1) is 14.4. The molecule has 0 fully saturated rings. The van der Waals surface area contributed by atoms with Gasteiger partial charge >= 0.3 is 0 Å². The molecule has 0 unspecified atom stereocenters. The topological polar surface area (TPSA) is 87.0 Å². The number of pyridine rings is 1. The number of furan rings is 1. The minimum atomic E-state index is -0.123. The highest BCUT2D eigenvalue weighted by Gasteiger charge is 2.06. The van der Waals surface area contributed by atoms with Crippen molar-refractivity contribution in [3.05, 3.63) is 74.9 Å². The number of hydrogen-bond donors (Lipinski definition) is 2. The van der Waals surface area contributed by atoms with E-state index in [0.717, 1.165) is 46.4 Å². The van der Waals surface area contributed by atoms with E-state index in [4.69, 9.17) is 4.42 Å². The molecule has 0 atom stereocenters. The molecule has 3 heterocycles. The molecule has 0 aromatic carbocycles. The number of rotatable bonds is 10. The molecule has 0 amide bonds. The number of aryl methyl sites for hydroxylation is 2. The van der Waals surface area contributed by atoms with E-state index in [1.807, 2.05) is 46.3 Å². The number of anilines is 1. The quantitative estimate of drug-likeness (QED) is 0.365. The molecule has 0 aliphatic rings. The predicted octanol–water partition coefficient (Wildman–Crippen LogP) is 4.64. The van der Waals surface area contributed by atoms with Crippen LogP contribution in [0.3, 0.4) is 0 Å². The lowest BCUT2D eigenvalue weighted by atomic mass is 10.1. The van der Waals surface area contributed by atoms with E-state index < -0.39 is 0 Å². The van der Waals surface area contributed by atoms with Crippen molar-refractivity contribution in [3.8, 4) is 0 Å². The third-order valence-electron chi connectivity index (χ3n) is 4.64. The summed E-state index contributed by atoms with van der Waals surface area (Å²) in [5, 5.41) is 3.17. The van der Waals surface area contributed by atoms with Crippen LogP contribution >= 0.6 is 49.0 Å². The van der Waals surface area contributed by atoms with Crippen LogP contribution in [-0.4, -0.2) is 46.2 Å². The van der Waals surface area contributed by atoms with Crippen molar-refractivity contribution in [2.45, 2.75) is 32.6 Å². The smallest absolute Gasteiger partial charge is 0.255 e. The van der Waals surface area contributed by atoms with E-state index in [-0.39, 0.29) is 42.8 Å². The largest absolute Gasteiger partial charge is 0.464 e. The molecular weight excluding hydrogens is 505 g/mol. The van der Waals surface area contributed by atoms with E-state index in [1.165, 1.54) is 0 Å². The fraction of sp³-hybridized carbons (Fsp3) is 0.409. The lowest BCUT2D eigenvalue weighted by Crippen LogP contribution is -2.18. The Labute approximate surface area is 217 Å². The van der Waals surface area contributed by atoms with Gasteiger partial charge in [0.1, 0.15) is 11.5 Å². The minimum absolute atomic E-state index is 0. The Balaban J connectivity index is 0.00000341. The van der Waals surface area contributed by atoms with Crippen LogP contribution in [0.15, 0.2) is 39.8 Å². The second-order valence-corrected chi connectivity index (χ2v) is 8.70. The molecule has 3 aromatic rings. The normalized spacial score (nSPS) is 10.2. The van der Waals surface area contributed by atoms with Gasteiger partial charge in [-0.1, -0.05) is 6.07 Å². The summed E-state index contributed by atoms with van der Waals surface area (Å²) in [5.41, 5.74) is 3.64. The van der Waals surface area contributed by atoms with Crippen LogP contribution in [0.25, 0.3) is 0 Å². The maximum atomic E-state index is 12.4. The summed E-state index contributed by atoms with van der Waals surface area (Å²) in [6, 6.07) is 6.12. The molecule has 0 bridgehead atoms. The fourth-order valence-electron chi connectivity index (χ4n) is 2.97. The molecule has 0 saturated carbocycles. The molecule has 33 heavy (non-hydrogen) atoms. The highest BCUT2D eigenvalue weighted by molar-refractivity contribution is 7.98. The van der Waals surface area contributed by atoms with Crippen molar-refractivity contribution < 1.29 is 4.42 Å². The Morgan fingerprint density at radius 2 is 1.82 bits per heavy atom. The van der Waals surface area contributed by atoms with Gasteiger partial charge in [0.25, 0.3) is 5.56 Å². The van der Waals surface area contributed by atoms with E-state index in [0.29, 0.717) is 24.5 Å². The minimum Gasteiger partial charge on any atom is -0.464 e. The van der Waals surface area contributed by atoms with Crippen molar-refractivity contribution in [1.29, 1.82) is 0 Å². The van der Waals surface area contributed by atoms with Crippen LogP contribution in [0.1, 0.15) is 33.9 Å². The summed E-state index contributed by atoms with van der Waals surface area (Å²) in [4.78, 5) is 26.0. The van der Waals surface area contributed by atoms with Gasteiger partial charge in [0.2, 0.25) is 5.95 Å². The maximum absolute atomic E-state index is 12.4. The number of hydrogen-bond acceptors (Lipinski definition) is 7. The Hall–Kier alpha value is -1.71. The van der Waals surface area contributed by atoms with Crippen LogP contribution < -0.4 is 10.9 Å². The van der Waals surface area contributed by atoms with Gasteiger partial charge in [-0.2, -0.15) is 11.8 Å². The van der Waals surface area contributed by atoms with E-state index in [9.17, 15) is 4.79 Å². The monoisotopic (exact) mass is 535 g/mol. The predicted molar refractivity (Wildman–Crippen MR) is 144 cm³/mol. The molecule has 0 radical (unpaired) electrons. The Bertz CT molecular complexity index is 1040. The summed E-state index contributed by atoms with van der Waals surface area (Å²) in [6.45, 7) is 5.51. The van der Waals surface area contributed by atoms with Crippen LogP contribution in [0.5, 0.6) is 0 Å². The lowest BCUT2D eigenvalue weighted by Gasteiger charge is -2.07. The van der Waals surface area contributed by atoms with Gasteiger partial charge in [-0.25, -0.2) is 4.98 Å². The van der Waals surface area contributed by atoms with Crippen LogP contribution in [-0.2, 0) is 18.7 Å². The number of aromatic nitrogens is 3. The average Bonchev–Trinajstić information content (AvgIpc) is 3.13. The van der Waals surface area contributed by atoms with Gasteiger partial charge in [-0.3, -0.25) is 14.8 Å². The van der Waals surface area contributed by atoms with Gasteiger partial charge in [-0.15, -0.1) is 37.2 Å². The van der Waals surface area contributed by atoms with Crippen LogP contribution in [0.2, 0.25) is 0 Å². The summed E-state index contributed by atoms with van der Waals surface area (Å²) < 4.78 is 5.80. The SMILES string of the molecule is Cc1cc(Cc2cnc(NCCSCc3ccc(CN(C)C)o3)[nH]c2=O)cnc1C.Cl.Cl.Cl. The number of aromatic amines is 1. The summed E-state index contributed by atoms with van der Waals surface area (Å²) in [7, 11) is 4.04. The van der Waals surface area contributed by atoms with Crippen LogP contribution in [0.4, 0.5) is 5.95 Å². The zero-order valence-corrected chi connectivity index (χ0v) is 22.5. The van der Waals surface area contributed by atoms with Gasteiger partial charge in [-0.05, 0) is 51.2 Å². The van der Waals surface area contributed by atoms with E-state index >= 15 is 0 Å². The standard InChI is InChI=1S/C22H29N5O2S.3ClH/c1-15-9-17(11-24-16(15)2)10-18-12-25-22(26-21(18)28)23-7-8-30-14-20-6-5-19(29-20)13-27(3)4;;;/h5-6,9,11-12H,7-8,10,13-14H2,1-4H3,(H2,23,25,26,28);3*1H. The van der Waals surface area contributed by atoms with Gasteiger partial charge in [0, 0.05) is 42.4 Å². The third-order valence-corrected chi connectivity index (χ3v) is 5.62. The molecule has 11 heteroatoms. The molecule has 3 aromatic heterocycles. The summed E-state index contributed by atoms with van der Waals surface area (Å²) >= 11 is 1.77. The van der Waals surface area contributed by atoms with Crippen molar-refractivity contribution in [3.63, 3.8) is 0 Å². The van der Waals surface area contributed by atoms with Crippen molar-refractivity contribution in [2.75, 3.05) is 31.7 Å². The fourth-order valence-corrected chi connectivity index (χ4v) is 3.71. The molecule has 0 spiro atoms. The zero-order chi connectivity index (χ0) is 21.5. The molecule has 7 nitrogen and oxygen atoms in total. The third kappa shape index (κ3) is 9.98. The van der Waals surface area contributed by atoms with Gasteiger partial charge in [0.05, 0.1) is 12.3 Å². The zero-order valence-electron chi connectivity index (χ0n) is 19.2. The van der Waals surface area contributed by atoms with Gasteiger partial charge in [0.15, 0.2) is 0 Å². The molecular formula is C22H32Cl3N5O2S. The van der Waals surface area contributed by atoms with E-state index in [1.54, 1.807) is 18.0 Å². The number of halogens is 3. The first kappa shape index (κ1) is 31.3. The van der Waals surface area contributed by atoms with Crippen molar-refractivity contribution >= 4 is 54.9 Å². The molecule has 2 N–H and O–H groups in total. The molecule has 3 rings (SSSR count). The highest BCUT2D eigenvalue weighted by Crippen LogP contribution is 2.16. The highest BCUT2D eigenvalue weighted by atomic mass is 35.5. The molecule has 0 saturated heterocycles. The van der Waals surface area contributed by atoms with Crippen molar-refractivity contribution in [1.82, 2.24) is 19.9 Å².